The van der Waals surface area contributed by atoms with Crippen LogP contribution in [0.1, 0.15) is 49.7 Å². The molecule has 0 atom stereocenters. The molecule has 122 valence electrons. The Morgan fingerprint density at radius 1 is 1.04 bits per heavy atom. The van der Waals surface area contributed by atoms with Crippen LogP contribution in [0.3, 0.4) is 0 Å². The molecule has 0 aliphatic heterocycles. The van der Waals surface area contributed by atoms with E-state index in [9.17, 15) is 8.42 Å². The van der Waals surface area contributed by atoms with Crippen molar-refractivity contribution in [1.82, 2.24) is 14.8 Å². The smallest absolute Gasteiger partial charge is 0.157 e. The van der Waals surface area contributed by atoms with Gasteiger partial charge in [-0.1, -0.05) is 31.0 Å². The van der Waals surface area contributed by atoms with Gasteiger partial charge in [-0.3, -0.25) is 4.57 Å². The van der Waals surface area contributed by atoms with E-state index in [1.54, 1.807) is 0 Å². The maximum Gasteiger partial charge on any atom is 0.157 e. The number of hydrogen-bond donors (Lipinski definition) is 0. The average Bonchev–Trinajstić information content (AvgIpc) is 3.45. The van der Waals surface area contributed by atoms with Gasteiger partial charge in [0.15, 0.2) is 15.7 Å². The largest absolute Gasteiger partial charge is 0.282 e. The van der Waals surface area contributed by atoms with Crippen molar-refractivity contribution in [3.8, 4) is 5.69 Å². The van der Waals surface area contributed by atoms with Gasteiger partial charge in [0.2, 0.25) is 0 Å². The summed E-state index contributed by atoms with van der Waals surface area (Å²) in [6.45, 7) is 0. The molecule has 23 heavy (non-hydrogen) atoms. The first-order valence-corrected chi connectivity index (χ1v) is 10.1. The van der Waals surface area contributed by atoms with E-state index in [2.05, 4.69) is 10.2 Å². The van der Waals surface area contributed by atoms with Gasteiger partial charge in [0.25, 0.3) is 0 Å². The van der Waals surface area contributed by atoms with Crippen molar-refractivity contribution in [2.75, 3.05) is 5.75 Å². The lowest BCUT2D eigenvalue weighted by molar-refractivity contribution is 0.587. The highest BCUT2D eigenvalue weighted by molar-refractivity contribution is 7.90. The molecule has 6 heteroatoms. The number of benzene rings is 1. The summed E-state index contributed by atoms with van der Waals surface area (Å²) in [5.74, 6) is 2.74. The molecule has 0 amide bonds. The molecule has 0 radical (unpaired) electrons. The zero-order chi connectivity index (χ0) is 15.9. The molecule has 2 aromatic rings. The highest BCUT2D eigenvalue weighted by Crippen LogP contribution is 2.40. The SMILES string of the molecule is O=S(=O)(CCC1CC1)Cc1nnc(C2CC2)n1-c1ccccc1. The molecule has 0 spiro atoms. The second-order valence-electron chi connectivity index (χ2n) is 6.74. The zero-order valence-electron chi connectivity index (χ0n) is 13.1. The summed E-state index contributed by atoms with van der Waals surface area (Å²) in [5.41, 5.74) is 0.951. The molecule has 0 unspecified atom stereocenters. The summed E-state index contributed by atoms with van der Waals surface area (Å²) in [5, 5.41) is 8.51. The van der Waals surface area contributed by atoms with Gasteiger partial charge in [-0.15, -0.1) is 10.2 Å². The maximum atomic E-state index is 12.4. The average molecular weight is 331 g/mol. The summed E-state index contributed by atoms with van der Waals surface area (Å²) < 4.78 is 26.8. The van der Waals surface area contributed by atoms with Crippen molar-refractivity contribution in [2.45, 2.75) is 43.8 Å². The first-order valence-electron chi connectivity index (χ1n) is 8.32. The van der Waals surface area contributed by atoms with Gasteiger partial charge in [0, 0.05) is 11.6 Å². The van der Waals surface area contributed by atoms with Crippen LogP contribution in [0, 0.1) is 5.92 Å². The predicted octanol–water partition coefficient (Wildman–Crippen LogP) is 2.86. The Labute approximate surface area is 136 Å². The lowest BCUT2D eigenvalue weighted by atomic mass is 10.3. The van der Waals surface area contributed by atoms with E-state index in [-0.39, 0.29) is 11.5 Å². The molecular weight excluding hydrogens is 310 g/mol. The molecule has 2 aliphatic carbocycles. The van der Waals surface area contributed by atoms with Crippen molar-refractivity contribution >= 4 is 9.84 Å². The van der Waals surface area contributed by atoms with E-state index in [4.69, 9.17) is 0 Å². The molecule has 4 rings (SSSR count). The quantitative estimate of drug-likeness (QED) is 0.782. The van der Waals surface area contributed by atoms with Crippen LogP contribution in [0.2, 0.25) is 0 Å². The van der Waals surface area contributed by atoms with Gasteiger partial charge in [0.05, 0.1) is 5.75 Å². The van der Waals surface area contributed by atoms with Gasteiger partial charge >= 0.3 is 0 Å². The van der Waals surface area contributed by atoms with Crippen molar-refractivity contribution in [3.63, 3.8) is 0 Å². The van der Waals surface area contributed by atoms with Gasteiger partial charge in [-0.2, -0.15) is 0 Å². The summed E-state index contributed by atoms with van der Waals surface area (Å²) in [6, 6.07) is 9.83. The van der Waals surface area contributed by atoms with Crippen LogP contribution in [-0.4, -0.2) is 28.9 Å². The fourth-order valence-electron chi connectivity index (χ4n) is 2.91. The van der Waals surface area contributed by atoms with Crippen molar-refractivity contribution in [1.29, 1.82) is 0 Å². The van der Waals surface area contributed by atoms with Crippen molar-refractivity contribution in [3.05, 3.63) is 42.0 Å². The minimum Gasteiger partial charge on any atom is -0.282 e. The molecule has 2 fully saturated rings. The van der Waals surface area contributed by atoms with Crippen LogP contribution < -0.4 is 0 Å². The summed E-state index contributed by atoms with van der Waals surface area (Å²) in [4.78, 5) is 0. The van der Waals surface area contributed by atoms with Crippen LogP contribution in [0.4, 0.5) is 0 Å². The Hall–Kier alpha value is -1.69. The van der Waals surface area contributed by atoms with Crippen LogP contribution in [-0.2, 0) is 15.6 Å². The topological polar surface area (TPSA) is 64.8 Å². The Balaban J connectivity index is 1.63. The van der Waals surface area contributed by atoms with Gasteiger partial charge in [-0.05, 0) is 37.3 Å². The Bertz CT molecular complexity index is 791. The van der Waals surface area contributed by atoms with E-state index < -0.39 is 9.84 Å². The monoisotopic (exact) mass is 331 g/mol. The molecule has 0 bridgehead atoms. The standard InChI is InChI=1S/C17H21N3O2S/c21-23(22,11-10-13-6-7-13)12-16-18-19-17(14-8-9-14)20(16)15-4-2-1-3-5-15/h1-5,13-14H,6-12H2. The number of sulfone groups is 1. The van der Waals surface area contributed by atoms with E-state index >= 15 is 0 Å². The molecule has 0 N–H and O–H groups in total. The number of nitrogens with zero attached hydrogens (tertiary/aromatic N) is 3. The third-order valence-electron chi connectivity index (χ3n) is 4.60. The van der Waals surface area contributed by atoms with Crippen LogP contribution in [0.25, 0.3) is 5.69 Å². The van der Waals surface area contributed by atoms with Crippen LogP contribution >= 0.6 is 0 Å². The molecule has 1 aromatic carbocycles. The number of rotatable bonds is 7. The first kappa shape index (κ1) is 14.9. The number of para-hydroxylation sites is 1. The lowest BCUT2D eigenvalue weighted by Gasteiger charge is -2.10. The van der Waals surface area contributed by atoms with E-state index in [1.165, 1.54) is 12.8 Å². The third kappa shape index (κ3) is 3.47. The van der Waals surface area contributed by atoms with Crippen molar-refractivity contribution in [2.24, 2.45) is 5.92 Å². The Morgan fingerprint density at radius 3 is 2.43 bits per heavy atom. The fraction of sp³-hybridized carbons (Fsp3) is 0.529. The minimum atomic E-state index is -3.14. The van der Waals surface area contributed by atoms with Gasteiger partial charge < -0.3 is 0 Å². The number of aromatic nitrogens is 3. The maximum absolute atomic E-state index is 12.4. The molecule has 2 saturated carbocycles. The van der Waals surface area contributed by atoms with E-state index in [0.717, 1.165) is 30.8 Å². The van der Waals surface area contributed by atoms with Crippen LogP contribution in [0.15, 0.2) is 30.3 Å². The molecule has 0 saturated heterocycles. The number of hydrogen-bond acceptors (Lipinski definition) is 4. The van der Waals surface area contributed by atoms with Crippen LogP contribution in [0.5, 0.6) is 0 Å². The zero-order valence-corrected chi connectivity index (χ0v) is 13.9. The minimum absolute atomic E-state index is 0.0195. The lowest BCUT2D eigenvalue weighted by Crippen LogP contribution is -2.14. The summed E-state index contributed by atoms with van der Waals surface area (Å²) >= 11 is 0. The van der Waals surface area contributed by atoms with Gasteiger partial charge in [0.1, 0.15) is 11.6 Å². The van der Waals surface area contributed by atoms with Gasteiger partial charge in [-0.25, -0.2) is 8.42 Å². The molecule has 5 nitrogen and oxygen atoms in total. The third-order valence-corrected chi connectivity index (χ3v) is 6.15. The van der Waals surface area contributed by atoms with Crippen molar-refractivity contribution < 1.29 is 8.42 Å². The predicted molar refractivity (Wildman–Crippen MR) is 88.2 cm³/mol. The second kappa shape index (κ2) is 5.74. The Kier molecular flexibility index (Phi) is 3.71. The first-order chi connectivity index (χ1) is 11.1. The summed E-state index contributed by atoms with van der Waals surface area (Å²) in [7, 11) is -3.14. The highest BCUT2D eigenvalue weighted by Gasteiger charge is 2.32. The summed E-state index contributed by atoms with van der Waals surface area (Å²) in [6.07, 6.45) is 5.37. The highest BCUT2D eigenvalue weighted by atomic mass is 32.2. The van der Waals surface area contributed by atoms with E-state index in [1.807, 2.05) is 34.9 Å². The normalized spacial score (nSPS) is 18.3. The fourth-order valence-corrected chi connectivity index (χ4v) is 4.33. The molecular formula is C17H21N3O2S. The second-order valence-corrected chi connectivity index (χ2v) is 8.93. The molecule has 1 heterocycles. The van der Waals surface area contributed by atoms with E-state index in [0.29, 0.717) is 17.7 Å². The Morgan fingerprint density at radius 2 is 1.78 bits per heavy atom. The molecule has 1 aromatic heterocycles. The molecule has 2 aliphatic rings.